The molecule has 0 saturated carbocycles. The summed E-state index contributed by atoms with van der Waals surface area (Å²) in [5.41, 5.74) is -0.337. The molecule has 0 radical (unpaired) electrons. The minimum absolute atomic E-state index is 0.0533. The summed E-state index contributed by atoms with van der Waals surface area (Å²) in [6.45, 7) is 5.74. The van der Waals surface area contributed by atoms with Gasteiger partial charge in [-0.15, -0.1) is 0 Å². The van der Waals surface area contributed by atoms with Crippen molar-refractivity contribution in [1.29, 1.82) is 0 Å². The summed E-state index contributed by atoms with van der Waals surface area (Å²) < 4.78 is 6.53. The number of rotatable bonds is 9. The van der Waals surface area contributed by atoms with Crippen LogP contribution in [-0.4, -0.2) is 16.0 Å². The van der Waals surface area contributed by atoms with Gasteiger partial charge >= 0.3 is 5.97 Å². The standard InChI is InChI=1S/C14H27IO2/c1-14(2,3)17-13(16)11-9-7-5-4-6-8-10-12-15/h4-12H2,1-3H3. The van der Waals surface area contributed by atoms with E-state index in [2.05, 4.69) is 22.6 Å². The zero-order valence-electron chi connectivity index (χ0n) is 11.6. The molecule has 0 bridgehead atoms. The average molecular weight is 354 g/mol. The quantitative estimate of drug-likeness (QED) is 0.255. The van der Waals surface area contributed by atoms with Crippen molar-refractivity contribution in [3.05, 3.63) is 0 Å². The number of carbonyl (C=O) groups is 1. The molecule has 0 aliphatic rings. The van der Waals surface area contributed by atoms with E-state index in [4.69, 9.17) is 4.74 Å². The van der Waals surface area contributed by atoms with Crippen molar-refractivity contribution in [2.24, 2.45) is 0 Å². The molecule has 0 aromatic carbocycles. The molecule has 0 unspecified atom stereocenters. The summed E-state index contributed by atoms with van der Waals surface area (Å²) in [5.74, 6) is -0.0533. The maximum Gasteiger partial charge on any atom is 0.306 e. The molecule has 3 heteroatoms. The van der Waals surface area contributed by atoms with E-state index in [-0.39, 0.29) is 11.6 Å². The van der Waals surface area contributed by atoms with Crippen molar-refractivity contribution in [3.8, 4) is 0 Å². The summed E-state index contributed by atoms with van der Waals surface area (Å²) in [7, 11) is 0. The Kier molecular flexibility index (Phi) is 10.3. The van der Waals surface area contributed by atoms with Gasteiger partial charge in [0.25, 0.3) is 0 Å². The van der Waals surface area contributed by atoms with Crippen molar-refractivity contribution in [1.82, 2.24) is 0 Å². The first kappa shape index (κ1) is 17.2. The highest BCUT2D eigenvalue weighted by Crippen LogP contribution is 2.12. The van der Waals surface area contributed by atoms with Gasteiger partial charge in [0.2, 0.25) is 0 Å². The molecule has 0 amide bonds. The van der Waals surface area contributed by atoms with Crippen LogP contribution in [0.1, 0.15) is 72.1 Å². The Morgan fingerprint density at radius 2 is 1.41 bits per heavy atom. The fourth-order valence-corrected chi connectivity index (χ4v) is 2.18. The van der Waals surface area contributed by atoms with Gasteiger partial charge in [0.05, 0.1) is 0 Å². The van der Waals surface area contributed by atoms with E-state index in [1.54, 1.807) is 0 Å². The van der Waals surface area contributed by atoms with Gasteiger partial charge in [-0.2, -0.15) is 0 Å². The molecule has 102 valence electrons. The minimum atomic E-state index is -0.337. The number of unbranched alkanes of at least 4 members (excludes halogenated alkanes) is 6. The van der Waals surface area contributed by atoms with Crippen LogP contribution in [0.15, 0.2) is 0 Å². The number of halogens is 1. The third-order valence-corrected chi connectivity index (χ3v) is 3.20. The Bertz CT molecular complexity index is 197. The molecule has 0 spiro atoms. The first-order valence-electron chi connectivity index (χ1n) is 6.73. The molecule has 0 rings (SSSR count). The van der Waals surface area contributed by atoms with Gasteiger partial charge in [0.1, 0.15) is 5.60 Å². The number of ether oxygens (including phenoxy) is 1. The second-order valence-corrected chi connectivity index (χ2v) is 6.58. The third kappa shape index (κ3) is 14.1. The lowest BCUT2D eigenvalue weighted by Crippen LogP contribution is -2.23. The largest absolute Gasteiger partial charge is 0.460 e. The van der Waals surface area contributed by atoms with Crippen molar-refractivity contribution < 1.29 is 9.53 Å². The van der Waals surface area contributed by atoms with Gasteiger partial charge in [-0.1, -0.05) is 54.7 Å². The van der Waals surface area contributed by atoms with Crippen LogP contribution in [0.5, 0.6) is 0 Å². The fourth-order valence-electron chi connectivity index (χ4n) is 1.64. The normalized spacial score (nSPS) is 11.5. The van der Waals surface area contributed by atoms with E-state index in [1.165, 1.54) is 36.5 Å². The Balaban J connectivity index is 3.25. The molecule has 0 atom stereocenters. The van der Waals surface area contributed by atoms with Crippen LogP contribution in [-0.2, 0) is 9.53 Å². The third-order valence-electron chi connectivity index (χ3n) is 2.43. The van der Waals surface area contributed by atoms with Crippen LogP contribution < -0.4 is 0 Å². The van der Waals surface area contributed by atoms with Gasteiger partial charge in [-0.05, 0) is 38.0 Å². The zero-order valence-corrected chi connectivity index (χ0v) is 13.7. The smallest absolute Gasteiger partial charge is 0.306 e. The lowest BCUT2D eigenvalue weighted by atomic mass is 10.1. The van der Waals surface area contributed by atoms with Crippen LogP contribution in [0.4, 0.5) is 0 Å². The molecule has 0 aromatic rings. The lowest BCUT2D eigenvalue weighted by molar-refractivity contribution is -0.154. The number of carbonyl (C=O) groups excluding carboxylic acids is 1. The zero-order chi connectivity index (χ0) is 13.1. The molecule has 0 saturated heterocycles. The van der Waals surface area contributed by atoms with E-state index in [9.17, 15) is 4.79 Å². The molecule has 2 nitrogen and oxygen atoms in total. The average Bonchev–Trinajstić information content (AvgIpc) is 2.19. The van der Waals surface area contributed by atoms with Crippen LogP contribution in [0, 0.1) is 0 Å². The Morgan fingerprint density at radius 3 is 1.88 bits per heavy atom. The predicted molar refractivity (Wildman–Crippen MR) is 81.7 cm³/mol. The number of hydrogen-bond acceptors (Lipinski definition) is 2. The second kappa shape index (κ2) is 10.2. The highest BCUT2D eigenvalue weighted by molar-refractivity contribution is 14.1. The van der Waals surface area contributed by atoms with Gasteiger partial charge in [-0.25, -0.2) is 0 Å². The van der Waals surface area contributed by atoms with Gasteiger partial charge in [0.15, 0.2) is 0 Å². The SMILES string of the molecule is CC(C)(C)OC(=O)CCCCCCCCCI. The Hall–Kier alpha value is 0.200. The molecule has 0 fully saturated rings. The molecule has 0 N–H and O–H groups in total. The molecule has 0 heterocycles. The predicted octanol–water partition coefficient (Wildman–Crippen LogP) is 4.88. The first-order valence-corrected chi connectivity index (χ1v) is 8.26. The molecule has 0 aromatic heterocycles. The Morgan fingerprint density at radius 1 is 0.941 bits per heavy atom. The van der Waals surface area contributed by atoms with E-state index in [0.29, 0.717) is 6.42 Å². The maximum absolute atomic E-state index is 11.4. The number of alkyl halides is 1. The monoisotopic (exact) mass is 354 g/mol. The van der Waals surface area contributed by atoms with Crippen LogP contribution in [0.25, 0.3) is 0 Å². The molecule has 0 aliphatic carbocycles. The van der Waals surface area contributed by atoms with E-state index in [0.717, 1.165) is 12.8 Å². The summed E-state index contributed by atoms with van der Waals surface area (Å²) >= 11 is 2.43. The van der Waals surface area contributed by atoms with Crippen molar-refractivity contribution in [2.75, 3.05) is 4.43 Å². The molecule has 0 aliphatic heterocycles. The Labute approximate surface area is 120 Å². The van der Waals surface area contributed by atoms with Crippen LogP contribution in [0.3, 0.4) is 0 Å². The maximum atomic E-state index is 11.4. The van der Waals surface area contributed by atoms with Crippen molar-refractivity contribution in [2.45, 2.75) is 77.7 Å². The summed E-state index contributed by atoms with van der Waals surface area (Å²) in [6.07, 6.45) is 9.31. The lowest BCUT2D eigenvalue weighted by Gasteiger charge is -2.19. The molecular formula is C14H27IO2. The van der Waals surface area contributed by atoms with E-state index < -0.39 is 0 Å². The number of hydrogen-bond donors (Lipinski definition) is 0. The molecule has 17 heavy (non-hydrogen) atoms. The summed E-state index contributed by atoms with van der Waals surface area (Å²) in [6, 6.07) is 0. The second-order valence-electron chi connectivity index (χ2n) is 5.50. The van der Waals surface area contributed by atoms with Crippen molar-refractivity contribution in [3.63, 3.8) is 0 Å². The fraction of sp³-hybridized carbons (Fsp3) is 0.929. The van der Waals surface area contributed by atoms with Crippen LogP contribution >= 0.6 is 22.6 Å². The topological polar surface area (TPSA) is 26.3 Å². The summed E-state index contributed by atoms with van der Waals surface area (Å²) in [4.78, 5) is 11.4. The molecular weight excluding hydrogens is 327 g/mol. The van der Waals surface area contributed by atoms with Crippen molar-refractivity contribution >= 4 is 28.6 Å². The van der Waals surface area contributed by atoms with Gasteiger partial charge < -0.3 is 4.74 Å². The first-order chi connectivity index (χ1) is 7.95. The minimum Gasteiger partial charge on any atom is -0.460 e. The van der Waals surface area contributed by atoms with Gasteiger partial charge in [-0.3, -0.25) is 4.79 Å². The highest BCUT2D eigenvalue weighted by atomic mass is 127. The number of esters is 1. The van der Waals surface area contributed by atoms with E-state index >= 15 is 0 Å². The highest BCUT2D eigenvalue weighted by Gasteiger charge is 2.15. The van der Waals surface area contributed by atoms with Gasteiger partial charge in [0, 0.05) is 6.42 Å². The summed E-state index contributed by atoms with van der Waals surface area (Å²) in [5, 5.41) is 0. The van der Waals surface area contributed by atoms with Crippen LogP contribution in [0.2, 0.25) is 0 Å². The van der Waals surface area contributed by atoms with E-state index in [1.807, 2.05) is 20.8 Å².